The molecule has 2 rings (SSSR count). The van der Waals surface area contributed by atoms with Crippen LogP contribution in [0.15, 0.2) is 47.7 Å². The van der Waals surface area contributed by atoms with Gasteiger partial charge in [-0.25, -0.2) is 4.99 Å². The molecule has 8 heteroatoms. The Morgan fingerprint density at radius 1 is 1.26 bits per heavy atom. The van der Waals surface area contributed by atoms with Crippen molar-refractivity contribution in [2.45, 2.75) is 45.7 Å². The maximum Gasteiger partial charge on any atom is 0.246 e. The van der Waals surface area contributed by atoms with Crippen LogP contribution >= 0.6 is 24.0 Å². The van der Waals surface area contributed by atoms with Crippen molar-refractivity contribution in [3.63, 3.8) is 0 Å². The van der Waals surface area contributed by atoms with Crippen molar-refractivity contribution in [1.29, 1.82) is 0 Å². The number of unbranched alkanes of at least 4 members (excludes halogenated alkanes) is 3. The molecular formula is C19H29IN6O. The van der Waals surface area contributed by atoms with Gasteiger partial charge in [0.1, 0.15) is 6.54 Å². The SMILES string of the molecule is CCCCCCNC(N)=NCc1cccc(NC(=O)Cn2cccn2)c1.I. The van der Waals surface area contributed by atoms with Gasteiger partial charge in [0, 0.05) is 24.6 Å². The fourth-order valence-corrected chi connectivity index (χ4v) is 2.49. The quantitative estimate of drug-likeness (QED) is 0.209. The number of nitrogens with zero attached hydrogens (tertiary/aromatic N) is 3. The number of benzene rings is 1. The third-order valence-electron chi connectivity index (χ3n) is 3.84. The number of carbonyl (C=O) groups is 1. The van der Waals surface area contributed by atoms with E-state index in [2.05, 4.69) is 27.6 Å². The fraction of sp³-hybridized carbons (Fsp3) is 0.421. The molecule has 0 atom stereocenters. The fourth-order valence-electron chi connectivity index (χ4n) is 2.49. The number of aromatic nitrogens is 2. The van der Waals surface area contributed by atoms with E-state index in [0.29, 0.717) is 12.5 Å². The van der Waals surface area contributed by atoms with Gasteiger partial charge in [-0.05, 0) is 30.2 Å². The van der Waals surface area contributed by atoms with Gasteiger partial charge in [0.05, 0.1) is 6.54 Å². The van der Waals surface area contributed by atoms with Crippen LogP contribution in [0.1, 0.15) is 38.2 Å². The average Bonchev–Trinajstić information content (AvgIpc) is 3.13. The molecule has 0 saturated heterocycles. The predicted octanol–water partition coefficient (Wildman–Crippen LogP) is 3.12. The van der Waals surface area contributed by atoms with Crippen LogP contribution in [0.2, 0.25) is 0 Å². The van der Waals surface area contributed by atoms with Crippen LogP contribution in [0.25, 0.3) is 0 Å². The number of rotatable bonds is 10. The van der Waals surface area contributed by atoms with E-state index >= 15 is 0 Å². The first-order chi connectivity index (χ1) is 12.7. The molecule has 0 spiro atoms. The lowest BCUT2D eigenvalue weighted by molar-refractivity contribution is -0.116. The zero-order valence-corrected chi connectivity index (χ0v) is 18.1. The molecule has 0 fully saturated rings. The van der Waals surface area contributed by atoms with E-state index in [9.17, 15) is 4.79 Å². The molecule has 1 aromatic heterocycles. The molecule has 7 nitrogen and oxygen atoms in total. The summed E-state index contributed by atoms with van der Waals surface area (Å²) in [6.45, 7) is 3.69. The normalized spacial score (nSPS) is 10.9. The van der Waals surface area contributed by atoms with Gasteiger partial charge in [0.25, 0.3) is 0 Å². The van der Waals surface area contributed by atoms with Gasteiger partial charge >= 0.3 is 0 Å². The number of nitrogens with two attached hydrogens (primary N) is 1. The number of amides is 1. The summed E-state index contributed by atoms with van der Waals surface area (Å²) >= 11 is 0. The highest BCUT2D eigenvalue weighted by atomic mass is 127. The minimum Gasteiger partial charge on any atom is -0.370 e. The van der Waals surface area contributed by atoms with Crippen LogP contribution in [0.5, 0.6) is 0 Å². The Hall–Kier alpha value is -2.10. The second kappa shape index (κ2) is 13.1. The summed E-state index contributed by atoms with van der Waals surface area (Å²) in [4.78, 5) is 16.4. The maximum absolute atomic E-state index is 12.0. The van der Waals surface area contributed by atoms with E-state index in [1.165, 1.54) is 19.3 Å². The Kier molecular flexibility index (Phi) is 11.2. The van der Waals surface area contributed by atoms with E-state index in [1.807, 2.05) is 24.3 Å². The first-order valence-electron chi connectivity index (χ1n) is 9.07. The molecular weight excluding hydrogens is 455 g/mol. The van der Waals surface area contributed by atoms with Crippen molar-refractivity contribution in [3.8, 4) is 0 Å². The molecule has 148 valence electrons. The van der Waals surface area contributed by atoms with Gasteiger partial charge in [-0.3, -0.25) is 9.48 Å². The first-order valence-corrected chi connectivity index (χ1v) is 9.07. The summed E-state index contributed by atoms with van der Waals surface area (Å²) in [6.07, 6.45) is 8.17. The molecule has 0 aliphatic heterocycles. The van der Waals surface area contributed by atoms with Crippen LogP contribution in [-0.4, -0.2) is 28.2 Å². The third-order valence-corrected chi connectivity index (χ3v) is 3.84. The van der Waals surface area contributed by atoms with Gasteiger partial charge in [0.15, 0.2) is 5.96 Å². The molecule has 4 N–H and O–H groups in total. The second-order valence-electron chi connectivity index (χ2n) is 6.14. The molecule has 1 heterocycles. The standard InChI is InChI=1S/C19H28N6O.HI/c1-2-3-4-5-10-21-19(20)22-14-16-8-6-9-17(13-16)24-18(26)15-25-12-7-11-23-25;/h6-9,11-13H,2-5,10,14-15H2,1H3,(H,24,26)(H3,20,21,22);1H. The van der Waals surface area contributed by atoms with Crippen LogP contribution in [0, 0.1) is 0 Å². The first kappa shape index (κ1) is 22.9. The smallest absolute Gasteiger partial charge is 0.246 e. The van der Waals surface area contributed by atoms with E-state index in [0.717, 1.165) is 24.2 Å². The molecule has 0 radical (unpaired) electrons. The minimum absolute atomic E-state index is 0. The maximum atomic E-state index is 12.0. The Morgan fingerprint density at radius 3 is 2.85 bits per heavy atom. The van der Waals surface area contributed by atoms with Gasteiger partial charge in [0.2, 0.25) is 5.91 Å². The molecule has 0 saturated carbocycles. The number of nitrogens with one attached hydrogen (secondary N) is 2. The van der Waals surface area contributed by atoms with Gasteiger partial charge < -0.3 is 16.4 Å². The van der Waals surface area contributed by atoms with Gasteiger partial charge in [-0.1, -0.05) is 38.3 Å². The van der Waals surface area contributed by atoms with E-state index in [4.69, 9.17) is 5.73 Å². The number of hydrogen-bond acceptors (Lipinski definition) is 3. The molecule has 0 aliphatic rings. The molecule has 1 aromatic carbocycles. The van der Waals surface area contributed by atoms with Crippen LogP contribution < -0.4 is 16.4 Å². The summed E-state index contributed by atoms with van der Waals surface area (Å²) in [5.74, 6) is 0.331. The lowest BCUT2D eigenvalue weighted by Crippen LogP contribution is -2.32. The highest BCUT2D eigenvalue weighted by Gasteiger charge is 2.04. The van der Waals surface area contributed by atoms with Crippen LogP contribution in [0.4, 0.5) is 5.69 Å². The molecule has 0 aliphatic carbocycles. The summed E-state index contributed by atoms with van der Waals surface area (Å²) in [7, 11) is 0. The number of carbonyl (C=O) groups excluding carboxylic acids is 1. The van der Waals surface area contributed by atoms with Crippen molar-refractivity contribution in [3.05, 3.63) is 48.3 Å². The number of aliphatic imine (C=N–C) groups is 1. The van der Waals surface area contributed by atoms with Crippen LogP contribution in [0.3, 0.4) is 0 Å². The predicted molar refractivity (Wildman–Crippen MR) is 120 cm³/mol. The molecule has 1 amide bonds. The van der Waals surface area contributed by atoms with E-state index in [1.54, 1.807) is 23.1 Å². The molecule has 0 bridgehead atoms. The second-order valence-corrected chi connectivity index (χ2v) is 6.14. The number of anilines is 1. The summed E-state index contributed by atoms with van der Waals surface area (Å²) in [5.41, 5.74) is 7.61. The minimum atomic E-state index is -0.123. The number of halogens is 1. The van der Waals surface area contributed by atoms with Crippen molar-refractivity contribution < 1.29 is 4.79 Å². The Morgan fingerprint density at radius 2 is 2.11 bits per heavy atom. The van der Waals surface area contributed by atoms with E-state index < -0.39 is 0 Å². The van der Waals surface area contributed by atoms with Crippen molar-refractivity contribution in [1.82, 2.24) is 15.1 Å². The zero-order valence-electron chi connectivity index (χ0n) is 15.7. The lowest BCUT2D eigenvalue weighted by Gasteiger charge is -2.08. The zero-order chi connectivity index (χ0) is 18.6. The van der Waals surface area contributed by atoms with E-state index in [-0.39, 0.29) is 36.4 Å². The van der Waals surface area contributed by atoms with Crippen molar-refractivity contribution in [2.24, 2.45) is 10.7 Å². The summed E-state index contributed by atoms with van der Waals surface area (Å²) < 4.78 is 1.58. The summed E-state index contributed by atoms with van der Waals surface area (Å²) in [5, 5.41) is 10.0. The Balaban J connectivity index is 0.00000364. The van der Waals surface area contributed by atoms with Gasteiger partial charge in [-0.15, -0.1) is 24.0 Å². The topological polar surface area (TPSA) is 97.3 Å². The summed E-state index contributed by atoms with van der Waals surface area (Å²) in [6, 6.07) is 9.39. The lowest BCUT2D eigenvalue weighted by atomic mass is 10.2. The third kappa shape index (κ3) is 9.41. The highest BCUT2D eigenvalue weighted by Crippen LogP contribution is 2.11. The highest BCUT2D eigenvalue weighted by molar-refractivity contribution is 14.0. The molecule has 0 unspecified atom stereocenters. The van der Waals surface area contributed by atoms with Crippen molar-refractivity contribution >= 4 is 41.5 Å². The number of guanidine groups is 1. The average molecular weight is 484 g/mol. The number of hydrogen-bond donors (Lipinski definition) is 3. The Labute approximate surface area is 177 Å². The van der Waals surface area contributed by atoms with Gasteiger partial charge in [-0.2, -0.15) is 5.10 Å². The molecule has 2 aromatic rings. The van der Waals surface area contributed by atoms with Crippen LogP contribution in [-0.2, 0) is 17.9 Å². The monoisotopic (exact) mass is 484 g/mol. The molecule has 27 heavy (non-hydrogen) atoms. The van der Waals surface area contributed by atoms with Crippen molar-refractivity contribution in [2.75, 3.05) is 11.9 Å². The Bertz CT molecular complexity index is 702. The largest absolute Gasteiger partial charge is 0.370 e.